The molecule has 3 amide bonds. The third-order valence-electron chi connectivity index (χ3n) is 3.33. The number of benzene rings is 1. The average molecular weight is 344 g/mol. The molecule has 0 fully saturated rings. The number of likely N-dealkylation sites (N-methyl/N-ethyl adjacent to an activating group) is 1. The van der Waals surface area contributed by atoms with Crippen LogP contribution in [0.4, 0.5) is 0 Å². The van der Waals surface area contributed by atoms with Gasteiger partial charge < -0.3 is 20.5 Å². The molecule has 2 aromatic rings. The maximum atomic E-state index is 12.0. The van der Waals surface area contributed by atoms with Gasteiger partial charge >= 0.3 is 0 Å². The van der Waals surface area contributed by atoms with Crippen LogP contribution in [0, 0.1) is 0 Å². The number of aromatic nitrogens is 1. The molecular formula is C17H20N4O4. The number of nitrogens with one attached hydrogen (secondary N) is 3. The normalized spacial score (nSPS) is 11.4. The van der Waals surface area contributed by atoms with E-state index >= 15 is 0 Å². The highest BCUT2D eigenvalue weighted by molar-refractivity contribution is 5.96. The molecule has 0 aliphatic carbocycles. The first kappa shape index (κ1) is 18.2. The monoisotopic (exact) mass is 344 g/mol. The van der Waals surface area contributed by atoms with Crippen molar-refractivity contribution in [3.63, 3.8) is 0 Å². The molecule has 1 aromatic heterocycles. The maximum absolute atomic E-state index is 12.0. The summed E-state index contributed by atoms with van der Waals surface area (Å²) in [6.07, 6.45) is 0. The Balaban J connectivity index is 1.85. The standard InChI is InChI=1S/C17H20N4O4/c1-3-18-16(23)11(2)20-15(22)10-19-17(24)13-9-14(25-21-13)12-7-5-4-6-8-12/h4-9,11H,3,10H2,1-2H3,(H,18,23)(H,19,24)(H,20,22)/t11-/m0/s1. The molecule has 3 N–H and O–H groups in total. The highest BCUT2D eigenvalue weighted by Crippen LogP contribution is 2.19. The number of nitrogens with zero attached hydrogens (tertiary/aromatic N) is 1. The van der Waals surface area contributed by atoms with Gasteiger partial charge in [0.15, 0.2) is 11.5 Å². The van der Waals surface area contributed by atoms with E-state index in [1.807, 2.05) is 30.3 Å². The predicted molar refractivity (Wildman–Crippen MR) is 90.6 cm³/mol. The minimum Gasteiger partial charge on any atom is -0.355 e. The molecule has 0 unspecified atom stereocenters. The second kappa shape index (κ2) is 8.62. The summed E-state index contributed by atoms with van der Waals surface area (Å²) in [6, 6.07) is 10.0. The minimum absolute atomic E-state index is 0.0726. The predicted octanol–water partition coefficient (Wildman–Crippen LogP) is 0.712. The molecule has 0 aliphatic heterocycles. The molecular weight excluding hydrogens is 324 g/mol. The molecule has 0 aliphatic rings. The van der Waals surface area contributed by atoms with Crippen LogP contribution in [-0.2, 0) is 9.59 Å². The van der Waals surface area contributed by atoms with Crippen LogP contribution in [0.5, 0.6) is 0 Å². The molecule has 0 radical (unpaired) electrons. The van der Waals surface area contributed by atoms with Crippen molar-refractivity contribution in [2.75, 3.05) is 13.1 Å². The molecule has 25 heavy (non-hydrogen) atoms. The first-order valence-corrected chi connectivity index (χ1v) is 7.88. The van der Waals surface area contributed by atoms with E-state index < -0.39 is 17.9 Å². The Labute approximate surface area is 145 Å². The summed E-state index contributed by atoms with van der Waals surface area (Å²) in [5.74, 6) is -0.836. The number of hydrogen-bond donors (Lipinski definition) is 3. The highest BCUT2D eigenvalue weighted by atomic mass is 16.5. The maximum Gasteiger partial charge on any atom is 0.273 e. The largest absolute Gasteiger partial charge is 0.355 e. The fourth-order valence-corrected chi connectivity index (χ4v) is 2.06. The zero-order chi connectivity index (χ0) is 18.2. The Morgan fingerprint density at radius 1 is 1.16 bits per heavy atom. The van der Waals surface area contributed by atoms with Gasteiger partial charge in [-0.3, -0.25) is 14.4 Å². The number of carbonyl (C=O) groups is 3. The molecule has 8 heteroatoms. The minimum atomic E-state index is -0.680. The highest BCUT2D eigenvalue weighted by Gasteiger charge is 2.17. The Bertz CT molecular complexity index is 742. The Morgan fingerprint density at radius 2 is 1.88 bits per heavy atom. The number of rotatable bonds is 7. The van der Waals surface area contributed by atoms with Crippen molar-refractivity contribution in [3.05, 3.63) is 42.1 Å². The van der Waals surface area contributed by atoms with E-state index in [-0.39, 0.29) is 18.1 Å². The van der Waals surface area contributed by atoms with Crippen LogP contribution < -0.4 is 16.0 Å². The van der Waals surface area contributed by atoms with Crippen molar-refractivity contribution >= 4 is 17.7 Å². The fourth-order valence-electron chi connectivity index (χ4n) is 2.06. The topological polar surface area (TPSA) is 113 Å². The van der Waals surface area contributed by atoms with E-state index in [0.29, 0.717) is 12.3 Å². The molecule has 0 saturated carbocycles. The summed E-state index contributed by atoms with van der Waals surface area (Å²) in [6.45, 7) is 3.56. The molecule has 0 saturated heterocycles. The van der Waals surface area contributed by atoms with Gasteiger partial charge in [-0.1, -0.05) is 35.5 Å². The molecule has 8 nitrogen and oxygen atoms in total. The molecule has 2 rings (SSSR count). The quantitative estimate of drug-likeness (QED) is 0.685. The second-order valence-electron chi connectivity index (χ2n) is 5.31. The summed E-state index contributed by atoms with van der Waals surface area (Å²) in [7, 11) is 0. The van der Waals surface area contributed by atoms with Gasteiger partial charge in [-0.25, -0.2) is 0 Å². The number of carbonyl (C=O) groups excluding carboxylic acids is 3. The average Bonchev–Trinajstić information content (AvgIpc) is 3.11. The number of hydrogen-bond acceptors (Lipinski definition) is 5. The number of amides is 3. The summed E-state index contributed by atoms with van der Waals surface area (Å²) < 4.78 is 5.14. The summed E-state index contributed by atoms with van der Waals surface area (Å²) in [4.78, 5) is 35.3. The van der Waals surface area contributed by atoms with Gasteiger partial charge in [0.05, 0.1) is 6.54 Å². The van der Waals surface area contributed by atoms with Gasteiger partial charge in [-0.15, -0.1) is 0 Å². The first-order chi connectivity index (χ1) is 12.0. The van der Waals surface area contributed by atoms with Crippen molar-refractivity contribution in [3.8, 4) is 11.3 Å². The summed E-state index contributed by atoms with van der Waals surface area (Å²) >= 11 is 0. The van der Waals surface area contributed by atoms with E-state index in [2.05, 4.69) is 21.1 Å². The van der Waals surface area contributed by atoms with Crippen molar-refractivity contribution in [1.29, 1.82) is 0 Å². The van der Waals surface area contributed by atoms with Gasteiger partial charge in [-0.05, 0) is 13.8 Å². The zero-order valence-electron chi connectivity index (χ0n) is 14.0. The lowest BCUT2D eigenvalue weighted by atomic mass is 10.1. The molecule has 1 atom stereocenters. The van der Waals surface area contributed by atoms with Crippen LogP contribution in [-0.4, -0.2) is 42.0 Å². The van der Waals surface area contributed by atoms with Crippen LogP contribution in [0.1, 0.15) is 24.3 Å². The fraction of sp³-hybridized carbons (Fsp3) is 0.294. The van der Waals surface area contributed by atoms with Crippen LogP contribution in [0.2, 0.25) is 0 Å². The molecule has 1 heterocycles. The zero-order valence-corrected chi connectivity index (χ0v) is 14.0. The van der Waals surface area contributed by atoms with Gasteiger partial charge in [0, 0.05) is 18.2 Å². The van der Waals surface area contributed by atoms with Gasteiger partial charge in [0.2, 0.25) is 11.8 Å². The van der Waals surface area contributed by atoms with Gasteiger partial charge in [-0.2, -0.15) is 0 Å². The Morgan fingerprint density at radius 3 is 2.56 bits per heavy atom. The smallest absolute Gasteiger partial charge is 0.273 e. The third-order valence-corrected chi connectivity index (χ3v) is 3.33. The van der Waals surface area contributed by atoms with Gasteiger partial charge in [0.1, 0.15) is 6.04 Å². The van der Waals surface area contributed by atoms with Gasteiger partial charge in [0.25, 0.3) is 5.91 Å². The lowest BCUT2D eigenvalue weighted by Gasteiger charge is -2.13. The van der Waals surface area contributed by atoms with E-state index in [0.717, 1.165) is 5.56 Å². The summed E-state index contributed by atoms with van der Waals surface area (Å²) in [5, 5.41) is 11.2. The summed E-state index contributed by atoms with van der Waals surface area (Å²) in [5.41, 5.74) is 0.867. The molecule has 132 valence electrons. The van der Waals surface area contributed by atoms with Crippen molar-refractivity contribution in [2.24, 2.45) is 0 Å². The Kier molecular flexibility index (Phi) is 6.27. The van der Waals surface area contributed by atoms with Crippen LogP contribution in [0.15, 0.2) is 40.9 Å². The second-order valence-corrected chi connectivity index (χ2v) is 5.31. The first-order valence-electron chi connectivity index (χ1n) is 7.88. The van der Waals surface area contributed by atoms with Crippen molar-refractivity contribution < 1.29 is 18.9 Å². The van der Waals surface area contributed by atoms with E-state index in [4.69, 9.17) is 4.52 Å². The molecule has 0 spiro atoms. The molecule has 0 bridgehead atoms. The molecule has 1 aromatic carbocycles. The lowest BCUT2D eigenvalue weighted by molar-refractivity contribution is -0.128. The van der Waals surface area contributed by atoms with E-state index in [1.165, 1.54) is 6.07 Å². The van der Waals surface area contributed by atoms with Crippen LogP contribution in [0.25, 0.3) is 11.3 Å². The van der Waals surface area contributed by atoms with Crippen molar-refractivity contribution in [1.82, 2.24) is 21.1 Å². The SMILES string of the molecule is CCNC(=O)[C@H](C)NC(=O)CNC(=O)c1cc(-c2ccccc2)on1. The lowest BCUT2D eigenvalue weighted by Crippen LogP contribution is -2.47. The van der Waals surface area contributed by atoms with Crippen LogP contribution >= 0.6 is 0 Å². The van der Waals surface area contributed by atoms with E-state index in [9.17, 15) is 14.4 Å². The van der Waals surface area contributed by atoms with E-state index in [1.54, 1.807) is 13.8 Å². The third kappa shape index (κ3) is 5.17. The van der Waals surface area contributed by atoms with Crippen LogP contribution in [0.3, 0.4) is 0 Å². The Hall–Kier alpha value is -3.16. The van der Waals surface area contributed by atoms with Crippen molar-refractivity contribution in [2.45, 2.75) is 19.9 Å².